The van der Waals surface area contributed by atoms with Gasteiger partial charge in [-0.25, -0.2) is 0 Å². The second kappa shape index (κ2) is 6.80. The predicted molar refractivity (Wildman–Crippen MR) is 81.6 cm³/mol. The number of rotatable bonds is 6. The fourth-order valence-corrected chi connectivity index (χ4v) is 3.50. The molecule has 2 aliphatic rings. The van der Waals surface area contributed by atoms with Crippen molar-refractivity contribution < 1.29 is 14.3 Å². The average Bonchev–Trinajstić information content (AvgIpc) is 3.22. The highest BCUT2D eigenvalue weighted by molar-refractivity contribution is 5.85. The zero-order valence-corrected chi connectivity index (χ0v) is 13.6. The van der Waals surface area contributed by atoms with E-state index < -0.39 is 0 Å². The Bertz CT molecular complexity index is 379. The van der Waals surface area contributed by atoms with Crippen LogP contribution < -0.4 is 5.32 Å². The lowest BCUT2D eigenvalue weighted by atomic mass is 9.83. The van der Waals surface area contributed by atoms with Gasteiger partial charge in [0, 0.05) is 12.5 Å². The van der Waals surface area contributed by atoms with Gasteiger partial charge in [0.1, 0.15) is 0 Å². The summed E-state index contributed by atoms with van der Waals surface area (Å²) in [5.74, 6) is 1.03. The summed E-state index contributed by atoms with van der Waals surface area (Å²) in [6.45, 7) is 6.58. The van der Waals surface area contributed by atoms with Gasteiger partial charge in [-0.05, 0) is 57.3 Å². The lowest BCUT2D eigenvalue weighted by molar-refractivity contribution is -0.144. The van der Waals surface area contributed by atoms with Crippen LogP contribution in [0.15, 0.2) is 0 Å². The van der Waals surface area contributed by atoms with Gasteiger partial charge < -0.3 is 10.1 Å². The standard InChI is InChI=1S/C17H29NO3/c1-4-21-15(19)11-13-5-7-14(8-6-13)18-16(20)17(9-10-17)12(2)3/h12-14H,4-11H2,1-3H3,(H,18,20). The maximum atomic E-state index is 12.4. The highest BCUT2D eigenvalue weighted by atomic mass is 16.5. The van der Waals surface area contributed by atoms with Crippen molar-refractivity contribution >= 4 is 11.9 Å². The minimum atomic E-state index is -0.0817. The Kier molecular flexibility index (Phi) is 5.28. The van der Waals surface area contributed by atoms with Crippen molar-refractivity contribution in [1.29, 1.82) is 0 Å². The third-order valence-electron chi connectivity index (χ3n) is 5.29. The molecule has 0 bridgehead atoms. The minimum absolute atomic E-state index is 0.0816. The Labute approximate surface area is 128 Å². The number of carbonyl (C=O) groups is 2. The maximum Gasteiger partial charge on any atom is 0.306 e. The second-order valence-electron chi connectivity index (χ2n) is 7.01. The van der Waals surface area contributed by atoms with Gasteiger partial charge >= 0.3 is 5.97 Å². The van der Waals surface area contributed by atoms with E-state index in [0.29, 0.717) is 30.9 Å². The van der Waals surface area contributed by atoms with Crippen LogP contribution >= 0.6 is 0 Å². The van der Waals surface area contributed by atoms with E-state index in [1.54, 1.807) is 0 Å². The summed E-state index contributed by atoms with van der Waals surface area (Å²) in [5, 5.41) is 3.25. The van der Waals surface area contributed by atoms with Crippen LogP contribution in [0.5, 0.6) is 0 Å². The molecular formula is C17H29NO3. The number of carbonyl (C=O) groups excluding carboxylic acids is 2. The molecule has 0 aromatic carbocycles. The molecule has 0 aliphatic heterocycles. The van der Waals surface area contributed by atoms with Crippen LogP contribution in [-0.2, 0) is 14.3 Å². The van der Waals surface area contributed by atoms with Crippen LogP contribution in [0.4, 0.5) is 0 Å². The Morgan fingerprint density at radius 3 is 2.29 bits per heavy atom. The molecule has 1 N–H and O–H groups in total. The smallest absolute Gasteiger partial charge is 0.306 e. The van der Waals surface area contributed by atoms with Crippen molar-refractivity contribution in [2.45, 2.75) is 71.8 Å². The number of hydrogen-bond acceptors (Lipinski definition) is 3. The fraction of sp³-hybridized carbons (Fsp3) is 0.882. The van der Waals surface area contributed by atoms with Crippen LogP contribution in [0.25, 0.3) is 0 Å². The van der Waals surface area contributed by atoms with Crippen molar-refractivity contribution in [3.05, 3.63) is 0 Å². The lowest BCUT2D eigenvalue weighted by Crippen LogP contribution is -2.43. The maximum absolute atomic E-state index is 12.4. The highest BCUT2D eigenvalue weighted by Gasteiger charge is 2.52. The zero-order valence-electron chi connectivity index (χ0n) is 13.6. The quantitative estimate of drug-likeness (QED) is 0.766. The molecule has 0 saturated heterocycles. The molecule has 120 valence electrons. The molecule has 2 fully saturated rings. The first-order chi connectivity index (χ1) is 9.98. The second-order valence-corrected chi connectivity index (χ2v) is 7.01. The molecule has 1 amide bonds. The van der Waals surface area contributed by atoms with E-state index in [-0.39, 0.29) is 17.3 Å². The molecule has 0 aromatic heterocycles. The number of amides is 1. The molecule has 0 aromatic rings. The van der Waals surface area contributed by atoms with Gasteiger partial charge in [-0.2, -0.15) is 0 Å². The van der Waals surface area contributed by atoms with Gasteiger partial charge in [-0.3, -0.25) is 9.59 Å². The molecular weight excluding hydrogens is 266 g/mol. The van der Waals surface area contributed by atoms with Crippen LogP contribution in [0.3, 0.4) is 0 Å². The third kappa shape index (κ3) is 3.98. The van der Waals surface area contributed by atoms with Crippen LogP contribution in [-0.4, -0.2) is 24.5 Å². The molecule has 0 spiro atoms. The molecule has 0 heterocycles. The van der Waals surface area contributed by atoms with Crippen LogP contribution in [0.2, 0.25) is 0 Å². The average molecular weight is 295 g/mol. The molecule has 4 nitrogen and oxygen atoms in total. The summed E-state index contributed by atoms with van der Waals surface area (Å²) in [6, 6.07) is 0.298. The monoisotopic (exact) mass is 295 g/mol. The Morgan fingerprint density at radius 1 is 1.19 bits per heavy atom. The summed E-state index contributed by atoms with van der Waals surface area (Å²) in [4.78, 5) is 23.9. The number of nitrogens with one attached hydrogen (secondary N) is 1. The number of hydrogen-bond donors (Lipinski definition) is 1. The van der Waals surface area contributed by atoms with Gasteiger partial charge in [0.2, 0.25) is 5.91 Å². The lowest BCUT2D eigenvalue weighted by Gasteiger charge is -2.30. The number of esters is 1. The highest BCUT2D eigenvalue weighted by Crippen LogP contribution is 2.52. The predicted octanol–water partition coefficient (Wildman–Crippen LogP) is 3.05. The first kappa shape index (κ1) is 16.3. The topological polar surface area (TPSA) is 55.4 Å². The summed E-state index contributed by atoms with van der Waals surface area (Å²) < 4.78 is 5.01. The molecule has 2 aliphatic carbocycles. The molecule has 4 heteroatoms. The first-order valence-corrected chi connectivity index (χ1v) is 8.44. The summed E-state index contributed by atoms with van der Waals surface area (Å²) >= 11 is 0. The first-order valence-electron chi connectivity index (χ1n) is 8.44. The van der Waals surface area contributed by atoms with E-state index in [2.05, 4.69) is 19.2 Å². The zero-order chi connectivity index (χ0) is 15.5. The Hall–Kier alpha value is -1.06. The van der Waals surface area contributed by atoms with E-state index in [4.69, 9.17) is 4.74 Å². The Morgan fingerprint density at radius 2 is 1.81 bits per heavy atom. The molecule has 0 radical (unpaired) electrons. The molecule has 2 saturated carbocycles. The van der Waals surface area contributed by atoms with Gasteiger partial charge in [-0.1, -0.05) is 13.8 Å². The van der Waals surface area contributed by atoms with Crippen LogP contribution in [0.1, 0.15) is 65.7 Å². The van der Waals surface area contributed by atoms with Crippen molar-refractivity contribution in [3.63, 3.8) is 0 Å². The van der Waals surface area contributed by atoms with E-state index >= 15 is 0 Å². The van der Waals surface area contributed by atoms with Gasteiger partial charge in [0.15, 0.2) is 0 Å². The van der Waals surface area contributed by atoms with Crippen molar-refractivity contribution in [2.75, 3.05) is 6.61 Å². The molecule has 0 atom stereocenters. The molecule has 21 heavy (non-hydrogen) atoms. The molecule has 0 unspecified atom stereocenters. The summed E-state index contributed by atoms with van der Waals surface area (Å²) in [5.41, 5.74) is -0.0816. The number of ether oxygens (including phenoxy) is 1. The van der Waals surface area contributed by atoms with Crippen molar-refractivity contribution in [3.8, 4) is 0 Å². The van der Waals surface area contributed by atoms with E-state index in [0.717, 1.165) is 38.5 Å². The van der Waals surface area contributed by atoms with E-state index in [1.807, 2.05) is 6.92 Å². The van der Waals surface area contributed by atoms with Crippen molar-refractivity contribution in [1.82, 2.24) is 5.32 Å². The largest absolute Gasteiger partial charge is 0.466 e. The van der Waals surface area contributed by atoms with Gasteiger partial charge in [0.25, 0.3) is 0 Å². The SMILES string of the molecule is CCOC(=O)CC1CCC(NC(=O)C2(C(C)C)CC2)CC1. The Balaban J connectivity index is 1.72. The molecule has 2 rings (SSSR count). The summed E-state index contributed by atoms with van der Waals surface area (Å²) in [7, 11) is 0. The van der Waals surface area contributed by atoms with Gasteiger partial charge in [-0.15, -0.1) is 0 Å². The third-order valence-corrected chi connectivity index (χ3v) is 5.29. The van der Waals surface area contributed by atoms with Crippen LogP contribution in [0, 0.1) is 17.3 Å². The minimum Gasteiger partial charge on any atom is -0.466 e. The fourth-order valence-electron chi connectivity index (χ4n) is 3.50. The van der Waals surface area contributed by atoms with E-state index in [1.165, 1.54) is 0 Å². The van der Waals surface area contributed by atoms with Gasteiger partial charge in [0.05, 0.1) is 12.0 Å². The van der Waals surface area contributed by atoms with Crippen molar-refractivity contribution in [2.24, 2.45) is 17.3 Å². The van der Waals surface area contributed by atoms with E-state index in [9.17, 15) is 9.59 Å². The summed E-state index contributed by atoms with van der Waals surface area (Å²) in [6.07, 6.45) is 6.61. The normalized spacial score (nSPS) is 27.2.